The van der Waals surface area contributed by atoms with Crippen LogP contribution in [0.3, 0.4) is 0 Å². The van der Waals surface area contributed by atoms with Gasteiger partial charge in [0.1, 0.15) is 19.0 Å². The van der Waals surface area contributed by atoms with Crippen LogP contribution in [0.25, 0.3) is 0 Å². The maximum absolute atomic E-state index is 12.0. The van der Waals surface area contributed by atoms with Crippen LogP contribution < -0.4 is 4.74 Å². The Morgan fingerprint density at radius 1 is 1.19 bits per heavy atom. The predicted octanol–water partition coefficient (Wildman–Crippen LogP) is 2.56. The van der Waals surface area contributed by atoms with E-state index < -0.39 is 0 Å². The van der Waals surface area contributed by atoms with Gasteiger partial charge in [-0.25, -0.2) is 0 Å². The number of carbonyl (C=O) groups is 1. The molecule has 1 aliphatic heterocycles. The van der Waals surface area contributed by atoms with Gasteiger partial charge in [0.2, 0.25) is 0 Å². The molecule has 0 spiro atoms. The molecule has 0 aliphatic carbocycles. The average Bonchev–Trinajstić information content (AvgIpc) is 2.53. The fourth-order valence-electron chi connectivity index (χ4n) is 2.45. The summed E-state index contributed by atoms with van der Waals surface area (Å²) in [5, 5.41) is 0. The van der Waals surface area contributed by atoms with E-state index in [1.54, 1.807) is 0 Å². The zero-order valence-corrected chi connectivity index (χ0v) is 12.9. The van der Waals surface area contributed by atoms with E-state index in [4.69, 9.17) is 21.1 Å². The highest BCUT2D eigenvalue weighted by Crippen LogP contribution is 2.18. The van der Waals surface area contributed by atoms with Gasteiger partial charge in [0.15, 0.2) is 0 Å². The van der Waals surface area contributed by atoms with Crippen molar-refractivity contribution in [3.8, 4) is 5.75 Å². The summed E-state index contributed by atoms with van der Waals surface area (Å²) in [5.74, 6) is 1.36. The van der Waals surface area contributed by atoms with Gasteiger partial charge in [0, 0.05) is 12.4 Å². The number of esters is 1. The van der Waals surface area contributed by atoms with E-state index in [-0.39, 0.29) is 11.9 Å². The van der Waals surface area contributed by atoms with E-state index in [1.807, 2.05) is 30.3 Å². The number of benzene rings is 1. The predicted molar refractivity (Wildman–Crippen MR) is 82.8 cm³/mol. The quantitative estimate of drug-likeness (QED) is 0.441. The number of carbonyl (C=O) groups excluding carboxylic acids is 1. The summed E-state index contributed by atoms with van der Waals surface area (Å²) in [7, 11) is 0. The van der Waals surface area contributed by atoms with Crippen LogP contribution in [0.2, 0.25) is 0 Å². The van der Waals surface area contributed by atoms with Crippen molar-refractivity contribution < 1.29 is 14.3 Å². The first kappa shape index (κ1) is 16.1. The number of para-hydroxylation sites is 1. The molecule has 1 aromatic rings. The molecule has 2 rings (SSSR count). The number of nitrogens with zero attached hydrogens (tertiary/aromatic N) is 1. The summed E-state index contributed by atoms with van der Waals surface area (Å²) in [4.78, 5) is 14.2. The van der Waals surface area contributed by atoms with Crippen molar-refractivity contribution in [2.24, 2.45) is 5.92 Å². The number of piperidine rings is 1. The molecule has 0 aromatic heterocycles. The second kappa shape index (κ2) is 8.90. The van der Waals surface area contributed by atoms with E-state index in [0.717, 1.165) is 38.2 Å². The number of alkyl halides is 1. The lowest BCUT2D eigenvalue weighted by atomic mass is 9.97. The summed E-state index contributed by atoms with van der Waals surface area (Å²) < 4.78 is 10.8. The zero-order valence-electron chi connectivity index (χ0n) is 12.2. The molecule has 0 bridgehead atoms. The molecule has 0 saturated carbocycles. The van der Waals surface area contributed by atoms with Crippen LogP contribution in [-0.2, 0) is 9.53 Å². The van der Waals surface area contributed by atoms with Gasteiger partial charge in [-0.3, -0.25) is 4.79 Å². The monoisotopic (exact) mass is 311 g/mol. The van der Waals surface area contributed by atoms with E-state index in [9.17, 15) is 4.79 Å². The molecule has 5 heteroatoms. The fourth-order valence-corrected chi connectivity index (χ4v) is 2.69. The Labute approximate surface area is 131 Å². The van der Waals surface area contributed by atoms with Crippen LogP contribution in [0.15, 0.2) is 30.3 Å². The van der Waals surface area contributed by atoms with Crippen LogP contribution in [0.1, 0.15) is 12.8 Å². The lowest BCUT2D eigenvalue weighted by Gasteiger charge is -2.30. The van der Waals surface area contributed by atoms with Gasteiger partial charge in [0.25, 0.3) is 0 Å². The molecule has 0 unspecified atom stereocenters. The van der Waals surface area contributed by atoms with E-state index in [2.05, 4.69) is 4.90 Å². The van der Waals surface area contributed by atoms with Crippen molar-refractivity contribution >= 4 is 17.6 Å². The first-order valence-corrected chi connectivity index (χ1v) is 7.96. The highest BCUT2D eigenvalue weighted by atomic mass is 35.5. The minimum Gasteiger partial charge on any atom is -0.490 e. The van der Waals surface area contributed by atoms with Crippen molar-refractivity contribution in [1.29, 1.82) is 0 Å². The molecule has 4 nitrogen and oxygen atoms in total. The Bertz CT molecular complexity index is 419. The van der Waals surface area contributed by atoms with Crippen LogP contribution >= 0.6 is 11.6 Å². The molecular formula is C16H22ClNO3. The number of hydrogen-bond donors (Lipinski definition) is 0. The highest BCUT2D eigenvalue weighted by molar-refractivity contribution is 6.18. The summed E-state index contributed by atoms with van der Waals surface area (Å²) in [6, 6.07) is 9.53. The smallest absolute Gasteiger partial charge is 0.309 e. The first-order valence-electron chi connectivity index (χ1n) is 7.42. The Morgan fingerprint density at radius 3 is 2.57 bits per heavy atom. The van der Waals surface area contributed by atoms with Crippen molar-refractivity contribution in [2.45, 2.75) is 12.8 Å². The van der Waals surface area contributed by atoms with E-state index >= 15 is 0 Å². The molecular weight excluding hydrogens is 290 g/mol. The second-order valence-electron chi connectivity index (χ2n) is 5.13. The van der Waals surface area contributed by atoms with Crippen LogP contribution in [0, 0.1) is 5.92 Å². The van der Waals surface area contributed by atoms with E-state index in [0.29, 0.717) is 19.1 Å². The maximum Gasteiger partial charge on any atom is 0.309 e. The highest BCUT2D eigenvalue weighted by Gasteiger charge is 2.25. The van der Waals surface area contributed by atoms with Crippen molar-refractivity contribution in [2.75, 3.05) is 38.7 Å². The summed E-state index contributed by atoms with van der Waals surface area (Å²) in [6.07, 6.45) is 1.71. The number of ether oxygens (including phenoxy) is 2. The van der Waals surface area contributed by atoms with Crippen molar-refractivity contribution in [3.63, 3.8) is 0 Å². The minimum atomic E-state index is -0.0998. The van der Waals surface area contributed by atoms with Gasteiger partial charge >= 0.3 is 5.97 Å². The Hall–Kier alpha value is -1.26. The largest absolute Gasteiger partial charge is 0.490 e. The molecule has 1 saturated heterocycles. The molecule has 116 valence electrons. The molecule has 1 aromatic carbocycles. The van der Waals surface area contributed by atoms with Gasteiger partial charge in [-0.05, 0) is 38.1 Å². The number of likely N-dealkylation sites (tertiary alicyclic amines) is 1. The van der Waals surface area contributed by atoms with Crippen LogP contribution in [0.4, 0.5) is 0 Å². The molecule has 1 heterocycles. The summed E-state index contributed by atoms with van der Waals surface area (Å²) in [5.41, 5.74) is 0. The minimum absolute atomic E-state index is 0.0216. The third kappa shape index (κ3) is 5.56. The maximum atomic E-state index is 12.0. The Morgan fingerprint density at radius 2 is 1.90 bits per heavy atom. The SMILES string of the molecule is O=C(OCCOc1ccccc1)C1CCN(CCCl)CC1. The standard InChI is InChI=1S/C16H22ClNO3/c17-8-11-18-9-6-14(7-10-18)16(19)21-13-12-20-15-4-2-1-3-5-15/h1-5,14H,6-13H2. The number of halogens is 1. The number of hydrogen-bond acceptors (Lipinski definition) is 4. The molecule has 1 aliphatic rings. The molecule has 0 amide bonds. The van der Waals surface area contributed by atoms with Crippen LogP contribution in [0.5, 0.6) is 5.75 Å². The molecule has 0 atom stereocenters. The second-order valence-corrected chi connectivity index (χ2v) is 5.51. The van der Waals surface area contributed by atoms with Gasteiger partial charge in [-0.2, -0.15) is 0 Å². The lowest BCUT2D eigenvalue weighted by Crippen LogP contribution is -2.38. The fraction of sp³-hybridized carbons (Fsp3) is 0.562. The van der Waals surface area contributed by atoms with Crippen molar-refractivity contribution in [3.05, 3.63) is 30.3 Å². The topological polar surface area (TPSA) is 38.8 Å². The first-order chi connectivity index (χ1) is 10.3. The number of rotatable bonds is 7. The van der Waals surface area contributed by atoms with Gasteiger partial charge < -0.3 is 14.4 Å². The summed E-state index contributed by atoms with van der Waals surface area (Å²) >= 11 is 5.72. The Kier molecular flexibility index (Phi) is 6.83. The lowest BCUT2D eigenvalue weighted by molar-refractivity contribution is -0.150. The van der Waals surface area contributed by atoms with Gasteiger partial charge in [-0.1, -0.05) is 18.2 Å². The Balaban J connectivity index is 1.60. The molecule has 0 radical (unpaired) electrons. The van der Waals surface area contributed by atoms with Gasteiger partial charge in [-0.15, -0.1) is 11.6 Å². The van der Waals surface area contributed by atoms with Crippen LogP contribution in [-0.4, -0.2) is 49.6 Å². The summed E-state index contributed by atoms with van der Waals surface area (Å²) in [6.45, 7) is 3.44. The zero-order chi connectivity index (χ0) is 14.9. The van der Waals surface area contributed by atoms with E-state index in [1.165, 1.54) is 0 Å². The third-order valence-electron chi connectivity index (χ3n) is 3.66. The average molecular weight is 312 g/mol. The van der Waals surface area contributed by atoms with Crippen molar-refractivity contribution in [1.82, 2.24) is 4.90 Å². The molecule has 0 N–H and O–H groups in total. The molecule has 21 heavy (non-hydrogen) atoms. The molecule has 1 fully saturated rings. The van der Waals surface area contributed by atoms with Gasteiger partial charge in [0.05, 0.1) is 5.92 Å². The third-order valence-corrected chi connectivity index (χ3v) is 3.83. The normalized spacial score (nSPS) is 16.6.